The van der Waals surface area contributed by atoms with Crippen LogP contribution < -0.4 is 10.6 Å². The number of nitrogens with zero attached hydrogens (tertiary/aromatic N) is 4. The molecule has 0 spiro atoms. The molecule has 0 atom stereocenters. The molecule has 3 rings (SSSR count). The molecule has 2 aromatic rings. The molecule has 100 valence electrons. The minimum Gasteiger partial charge on any atom is -0.384 e. The van der Waals surface area contributed by atoms with Gasteiger partial charge in [0.15, 0.2) is 5.13 Å². The van der Waals surface area contributed by atoms with E-state index < -0.39 is 0 Å². The number of nitrogen functional groups attached to an aromatic ring is 1. The summed E-state index contributed by atoms with van der Waals surface area (Å²) in [6, 6.07) is 3.98. The first-order valence-electron chi connectivity index (χ1n) is 6.38. The molecule has 19 heavy (non-hydrogen) atoms. The van der Waals surface area contributed by atoms with Gasteiger partial charge in [-0.15, -0.1) is 11.3 Å². The fraction of sp³-hybridized carbons (Fsp3) is 0.385. The van der Waals surface area contributed by atoms with E-state index in [9.17, 15) is 0 Å². The highest BCUT2D eigenvalue weighted by Gasteiger charge is 2.18. The number of thiazole rings is 1. The third kappa shape index (κ3) is 3.02. The molecule has 5 nitrogen and oxygen atoms in total. The quantitative estimate of drug-likeness (QED) is 0.918. The summed E-state index contributed by atoms with van der Waals surface area (Å²) in [5.41, 5.74) is 6.94. The third-order valence-corrected chi connectivity index (χ3v) is 4.15. The Morgan fingerprint density at radius 1 is 1.16 bits per heavy atom. The highest BCUT2D eigenvalue weighted by atomic mass is 32.1. The molecule has 0 amide bonds. The summed E-state index contributed by atoms with van der Waals surface area (Å²) < 4.78 is 0. The van der Waals surface area contributed by atoms with Gasteiger partial charge in [-0.25, -0.2) is 9.97 Å². The Kier molecular flexibility index (Phi) is 3.61. The SMILES string of the molecule is Nc1cc(CN2CCN(c3nccs3)CC2)ccn1. The van der Waals surface area contributed by atoms with Crippen molar-refractivity contribution in [2.45, 2.75) is 6.54 Å². The first-order valence-corrected chi connectivity index (χ1v) is 7.26. The Balaban J connectivity index is 1.56. The van der Waals surface area contributed by atoms with Crippen LogP contribution in [-0.2, 0) is 6.54 Å². The van der Waals surface area contributed by atoms with E-state index in [1.807, 2.05) is 23.7 Å². The summed E-state index contributed by atoms with van der Waals surface area (Å²) in [5, 5.41) is 3.16. The Labute approximate surface area is 116 Å². The van der Waals surface area contributed by atoms with Crippen LogP contribution in [0.2, 0.25) is 0 Å². The van der Waals surface area contributed by atoms with E-state index in [4.69, 9.17) is 5.73 Å². The van der Waals surface area contributed by atoms with Gasteiger partial charge in [0.1, 0.15) is 5.82 Å². The van der Waals surface area contributed by atoms with Crippen LogP contribution >= 0.6 is 11.3 Å². The Bertz CT molecular complexity index is 520. The number of piperazine rings is 1. The minimum atomic E-state index is 0.596. The van der Waals surface area contributed by atoms with Crippen LogP contribution in [0.15, 0.2) is 29.9 Å². The predicted octanol–water partition coefficient (Wildman–Crippen LogP) is 1.44. The zero-order valence-electron chi connectivity index (χ0n) is 10.7. The molecule has 0 aromatic carbocycles. The molecular weight excluding hydrogens is 258 g/mol. The lowest BCUT2D eigenvalue weighted by atomic mass is 10.2. The second-order valence-electron chi connectivity index (χ2n) is 4.67. The van der Waals surface area contributed by atoms with Crippen molar-refractivity contribution in [3.63, 3.8) is 0 Å². The topological polar surface area (TPSA) is 58.3 Å². The number of anilines is 2. The largest absolute Gasteiger partial charge is 0.384 e. The van der Waals surface area contributed by atoms with E-state index in [1.54, 1.807) is 17.5 Å². The van der Waals surface area contributed by atoms with Gasteiger partial charge in [0.25, 0.3) is 0 Å². The van der Waals surface area contributed by atoms with Gasteiger partial charge in [0.05, 0.1) is 0 Å². The van der Waals surface area contributed by atoms with Gasteiger partial charge in [-0.1, -0.05) is 0 Å². The van der Waals surface area contributed by atoms with Gasteiger partial charge in [-0.2, -0.15) is 0 Å². The summed E-state index contributed by atoms with van der Waals surface area (Å²) >= 11 is 1.71. The van der Waals surface area contributed by atoms with Crippen LogP contribution in [0.5, 0.6) is 0 Å². The number of hydrogen-bond donors (Lipinski definition) is 1. The smallest absolute Gasteiger partial charge is 0.185 e. The average molecular weight is 275 g/mol. The van der Waals surface area contributed by atoms with E-state index in [0.29, 0.717) is 5.82 Å². The molecular formula is C13H17N5S. The normalized spacial score (nSPS) is 16.7. The van der Waals surface area contributed by atoms with Gasteiger partial charge < -0.3 is 10.6 Å². The van der Waals surface area contributed by atoms with Gasteiger partial charge >= 0.3 is 0 Å². The zero-order valence-corrected chi connectivity index (χ0v) is 11.5. The second kappa shape index (κ2) is 5.54. The summed E-state index contributed by atoms with van der Waals surface area (Å²) in [6.07, 6.45) is 3.64. The maximum atomic E-state index is 5.71. The molecule has 0 unspecified atom stereocenters. The van der Waals surface area contributed by atoms with Crippen LogP contribution in [0.3, 0.4) is 0 Å². The van der Waals surface area contributed by atoms with E-state index in [-0.39, 0.29) is 0 Å². The maximum Gasteiger partial charge on any atom is 0.185 e. The van der Waals surface area contributed by atoms with Gasteiger partial charge in [-0.05, 0) is 17.7 Å². The molecule has 6 heteroatoms. The number of nitrogens with two attached hydrogens (primary N) is 1. The standard InChI is InChI=1S/C13H17N5S/c14-12-9-11(1-2-15-12)10-17-4-6-18(7-5-17)13-16-3-8-19-13/h1-3,8-9H,4-7,10H2,(H2,14,15). The molecule has 1 aliphatic heterocycles. The van der Waals surface area contributed by atoms with E-state index >= 15 is 0 Å². The van der Waals surface area contributed by atoms with Gasteiger partial charge in [-0.3, -0.25) is 4.90 Å². The minimum absolute atomic E-state index is 0.596. The zero-order chi connectivity index (χ0) is 13.1. The van der Waals surface area contributed by atoms with Crippen LogP contribution in [0.4, 0.5) is 10.9 Å². The predicted molar refractivity (Wildman–Crippen MR) is 78.3 cm³/mol. The summed E-state index contributed by atoms with van der Waals surface area (Å²) in [4.78, 5) is 13.2. The fourth-order valence-corrected chi connectivity index (χ4v) is 3.02. The molecule has 1 fully saturated rings. The third-order valence-electron chi connectivity index (χ3n) is 3.31. The van der Waals surface area contributed by atoms with Crippen molar-refractivity contribution in [3.8, 4) is 0 Å². The number of hydrogen-bond acceptors (Lipinski definition) is 6. The Morgan fingerprint density at radius 2 is 2.00 bits per heavy atom. The molecule has 1 saturated heterocycles. The molecule has 2 N–H and O–H groups in total. The van der Waals surface area contributed by atoms with Crippen LogP contribution in [0.25, 0.3) is 0 Å². The van der Waals surface area contributed by atoms with Gasteiger partial charge in [0.2, 0.25) is 0 Å². The van der Waals surface area contributed by atoms with Crippen molar-refractivity contribution >= 4 is 22.3 Å². The van der Waals surface area contributed by atoms with Crippen molar-refractivity contribution in [1.82, 2.24) is 14.9 Å². The molecule has 1 aliphatic rings. The van der Waals surface area contributed by atoms with Crippen molar-refractivity contribution in [3.05, 3.63) is 35.5 Å². The summed E-state index contributed by atoms with van der Waals surface area (Å²) in [5.74, 6) is 0.596. The second-order valence-corrected chi connectivity index (χ2v) is 5.54. The molecule has 0 bridgehead atoms. The Morgan fingerprint density at radius 3 is 2.68 bits per heavy atom. The molecule has 2 aromatic heterocycles. The molecule has 0 saturated carbocycles. The number of aromatic nitrogens is 2. The van der Waals surface area contributed by atoms with Crippen molar-refractivity contribution < 1.29 is 0 Å². The molecule has 0 aliphatic carbocycles. The molecule has 3 heterocycles. The number of pyridine rings is 1. The first-order chi connectivity index (χ1) is 9.31. The van der Waals surface area contributed by atoms with Crippen LogP contribution in [0.1, 0.15) is 5.56 Å². The lowest BCUT2D eigenvalue weighted by molar-refractivity contribution is 0.250. The fourth-order valence-electron chi connectivity index (χ4n) is 2.32. The van der Waals surface area contributed by atoms with Gasteiger partial charge in [0, 0.05) is 50.5 Å². The summed E-state index contributed by atoms with van der Waals surface area (Å²) in [7, 11) is 0. The summed E-state index contributed by atoms with van der Waals surface area (Å²) in [6.45, 7) is 5.13. The highest BCUT2D eigenvalue weighted by Crippen LogP contribution is 2.19. The van der Waals surface area contributed by atoms with E-state index in [2.05, 4.69) is 19.8 Å². The lowest BCUT2D eigenvalue weighted by Gasteiger charge is -2.34. The average Bonchev–Trinajstić information content (AvgIpc) is 2.94. The van der Waals surface area contributed by atoms with E-state index in [0.717, 1.165) is 37.9 Å². The van der Waals surface area contributed by atoms with Crippen molar-refractivity contribution in [1.29, 1.82) is 0 Å². The number of rotatable bonds is 3. The van der Waals surface area contributed by atoms with Crippen LogP contribution in [0, 0.1) is 0 Å². The van der Waals surface area contributed by atoms with Crippen molar-refractivity contribution in [2.75, 3.05) is 36.8 Å². The lowest BCUT2D eigenvalue weighted by Crippen LogP contribution is -2.45. The maximum absolute atomic E-state index is 5.71. The highest BCUT2D eigenvalue weighted by molar-refractivity contribution is 7.13. The Hall–Kier alpha value is -1.66. The van der Waals surface area contributed by atoms with Crippen LogP contribution in [-0.4, -0.2) is 41.0 Å². The first kappa shape index (κ1) is 12.4. The van der Waals surface area contributed by atoms with Crippen molar-refractivity contribution in [2.24, 2.45) is 0 Å². The molecule has 0 radical (unpaired) electrons. The van der Waals surface area contributed by atoms with E-state index in [1.165, 1.54) is 5.56 Å². The monoisotopic (exact) mass is 275 g/mol.